The molecule has 112 valence electrons. The summed E-state index contributed by atoms with van der Waals surface area (Å²) in [6.07, 6.45) is 5.04. The van der Waals surface area contributed by atoms with Crippen LogP contribution in [0, 0.1) is 0 Å². The van der Waals surface area contributed by atoms with Crippen LogP contribution < -0.4 is 10.6 Å². The highest BCUT2D eigenvalue weighted by Gasteiger charge is 2.16. The SMILES string of the molecule is CCCC(NC(=O)c1cnc(NCC)nc1)c1cccs1. The molecular formula is C15H20N4OS. The zero-order valence-corrected chi connectivity index (χ0v) is 13.1. The Balaban J connectivity index is 2.04. The van der Waals surface area contributed by atoms with Gasteiger partial charge in [0.1, 0.15) is 0 Å². The zero-order chi connectivity index (χ0) is 15.1. The summed E-state index contributed by atoms with van der Waals surface area (Å²) in [6.45, 7) is 4.84. The summed E-state index contributed by atoms with van der Waals surface area (Å²) in [5.41, 5.74) is 0.481. The fraction of sp³-hybridized carbons (Fsp3) is 0.400. The third-order valence-electron chi connectivity index (χ3n) is 3.02. The molecule has 0 saturated carbocycles. The van der Waals surface area contributed by atoms with Gasteiger partial charge in [0.2, 0.25) is 5.95 Å². The molecule has 0 aromatic carbocycles. The van der Waals surface area contributed by atoms with Crippen molar-refractivity contribution in [2.45, 2.75) is 32.7 Å². The van der Waals surface area contributed by atoms with Crippen LogP contribution in [0.5, 0.6) is 0 Å². The van der Waals surface area contributed by atoms with Gasteiger partial charge in [0.15, 0.2) is 0 Å². The van der Waals surface area contributed by atoms with Crippen molar-refractivity contribution < 1.29 is 4.79 Å². The average molecular weight is 304 g/mol. The zero-order valence-electron chi connectivity index (χ0n) is 12.3. The van der Waals surface area contributed by atoms with Gasteiger partial charge in [-0.25, -0.2) is 9.97 Å². The van der Waals surface area contributed by atoms with E-state index in [1.807, 2.05) is 18.4 Å². The van der Waals surface area contributed by atoms with Crippen molar-refractivity contribution in [2.75, 3.05) is 11.9 Å². The summed E-state index contributed by atoms with van der Waals surface area (Å²) >= 11 is 1.66. The van der Waals surface area contributed by atoms with Gasteiger partial charge in [0.25, 0.3) is 5.91 Å². The second kappa shape index (κ2) is 7.73. The van der Waals surface area contributed by atoms with E-state index in [1.54, 1.807) is 23.7 Å². The highest BCUT2D eigenvalue weighted by atomic mass is 32.1. The van der Waals surface area contributed by atoms with Gasteiger partial charge >= 0.3 is 0 Å². The molecular weight excluding hydrogens is 284 g/mol. The molecule has 6 heteroatoms. The summed E-state index contributed by atoms with van der Waals surface area (Å²) in [4.78, 5) is 21.7. The third-order valence-corrected chi connectivity index (χ3v) is 4.00. The van der Waals surface area contributed by atoms with Crippen molar-refractivity contribution in [3.05, 3.63) is 40.3 Å². The lowest BCUT2D eigenvalue weighted by Crippen LogP contribution is -2.28. The van der Waals surface area contributed by atoms with Crippen LogP contribution in [0.15, 0.2) is 29.9 Å². The lowest BCUT2D eigenvalue weighted by molar-refractivity contribution is 0.0934. The number of carbonyl (C=O) groups is 1. The molecule has 0 saturated heterocycles. The maximum absolute atomic E-state index is 12.3. The fourth-order valence-corrected chi connectivity index (χ4v) is 2.81. The Kier molecular flexibility index (Phi) is 5.68. The summed E-state index contributed by atoms with van der Waals surface area (Å²) in [5, 5.41) is 8.09. The molecule has 1 atom stereocenters. The minimum absolute atomic E-state index is 0.0518. The molecule has 2 rings (SSSR count). The molecule has 0 spiro atoms. The van der Waals surface area contributed by atoms with E-state index >= 15 is 0 Å². The number of nitrogens with one attached hydrogen (secondary N) is 2. The van der Waals surface area contributed by atoms with Gasteiger partial charge in [-0.15, -0.1) is 11.3 Å². The standard InChI is InChI=1S/C15H20N4OS/c1-3-6-12(13-7-5-8-21-13)19-14(20)11-9-17-15(16-4-2)18-10-11/h5,7-10,12H,3-4,6H2,1-2H3,(H,19,20)(H,16,17,18). The fourth-order valence-electron chi connectivity index (χ4n) is 2.00. The van der Waals surface area contributed by atoms with E-state index in [4.69, 9.17) is 0 Å². The van der Waals surface area contributed by atoms with Gasteiger partial charge in [-0.05, 0) is 24.8 Å². The van der Waals surface area contributed by atoms with Crippen molar-refractivity contribution >= 4 is 23.2 Å². The molecule has 2 aromatic rings. The van der Waals surface area contributed by atoms with Crippen LogP contribution in [-0.2, 0) is 0 Å². The van der Waals surface area contributed by atoms with E-state index in [-0.39, 0.29) is 11.9 Å². The van der Waals surface area contributed by atoms with E-state index in [0.717, 1.165) is 19.4 Å². The van der Waals surface area contributed by atoms with Crippen molar-refractivity contribution in [1.29, 1.82) is 0 Å². The number of amides is 1. The number of anilines is 1. The average Bonchev–Trinajstić information content (AvgIpc) is 3.02. The number of hydrogen-bond donors (Lipinski definition) is 2. The molecule has 21 heavy (non-hydrogen) atoms. The first-order valence-electron chi connectivity index (χ1n) is 7.14. The quantitative estimate of drug-likeness (QED) is 0.824. The first-order valence-corrected chi connectivity index (χ1v) is 8.02. The van der Waals surface area contributed by atoms with E-state index < -0.39 is 0 Å². The topological polar surface area (TPSA) is 66.9 Å². The molecule has 0 fully saturated rings. The van der Waals surface area contributed by atoms with Crippen LogP contribution >= 0.6 is 11.3 Å². The maximum atomic E-state index is 12.3. The summed E-state index contributed by atoms with van der Waals surface area (Å²) < 4.78 is 0. The number of thiophene rings is 1. The smallest absolute Gasteiger partial charge is 0.254 e. The molecule has 2 heterocycles. The first kappa shape index (κ1) is 15.4. The van der Waals surface area contributed by atoms with E-state index in [9.17, 15) is 4.79 Å². The van der Waals surface area contributed by atoms with Crippen molar-refractivity contribution in [2.24, 2.45) is 0 Å². The monoisotopic (exact) mass is 304 g/mol. The molecule has 2 aromatic heterocycles. The Hall–Kier alpha value is -1.95. The number of aromatic nitrogens is 2. The van der Waals surface area contributed by atoms with Crippen LogP contribution in [0.25, 0.3) is 0 Å². The maximum Gasteiger partial charge on any atom is 0.254 e. The molecule has 0 aliphatic heterocycles. The van der Waals surface area contributed by atoms with Gasteiger partial charge in [0.05, 0.1) is 11.6 Å². The van der Waals surface area contributed by atoms with Crippen LogP contribution in [0.1, 0.15) is 48.0 Å². The number of nitrogens with zero attached hydrogens (tertiary/aromatic N) is 2. The lowest BCUT2D eigenvalue weighted by Gasteiger charge is -2.16. The molecule has 2 N–H and O–H groups in total. The van der Waals surface area contributed by atoms with Crippen molar-refractivity contribution in [1.82, 2.24) is 15.3 Å². The highest BCUT2D eigenvalue weighted by Crippen LogP contribution is 2.23. The van der Waals surface area contributed by atoms with Gasteiger partial charge in [-0.1, -0.05) is 19.4 Å². The lowest BCUT2D eigenvalue weighted by atomic mass is 10.1. The van der Waals surface area contributed by atoms with Crippen LogP contribution in [-0.4, -0.2) is 22.4 Å². The second-order valence-corrected chi connectivity index (χ2v) is 5.64. The van der Waals surface area contributed by atoms with Crippen LogP contribution in [0.4, 0.5) is 5.95 Å². The molecule has 0 aliphatic rings. The summed E-state index contributed by atoms with van der Waals surface area (Å²) in [5.74, 6) is 0.405. The Morgan fingerprint density at radius 3 is 2.67 bits per heavy atom. The van der Waals surface area contributed by atoms with E-state index in [0.29, 0.717) is 11.5 Å². The third kappa shape index (κ3) is 4.26. The molecule has 1 unspecified atom stereocenters. The van der Waals surface area contributed by atoms with Gasteiger partial charge in [-0.2, -0.15) is 0 Å². The normalized spacial score (nSPS) is 11.9. The number of carbonyl (C=O) groups excluding carboxylic acids is 1. The molecule has 5 nitrogen and oxygen atoms in total. The number of rotatable bonds is 7. The van der Waals surface area contributed by atoms with Gasteiger partial charge in [-0.3, -0.25) is 4.79 Å². The van der Waals surface area contributed by atoms with E-state index in [2.05, 4.69) is 33.6 Å². The summed E-state index contributed by atoms with van der Waals surface area (Å²) in [6, 6.07) is 4.11. The largest absolute Gasteiger partial charge is 0.355 e. The van der Waals surface area contributed by atoms with Crippen molar-refractivity contribution in [3.63, 3.8) is 0 Å². The van der Waals surface area contributed by atoms with Crippen molar-refractivity contribution in [3.8, 4) is 0 Å². The minimum atomic E-state index is -0.134. The number of hydrogen-bond acceptors (Lipinski definition) is 5. The molecule has 0 aliphatic carbocycles. The predicted octanol–water partition coefficient (Wildman–Crippen LogP) is 3.24. The Labute approximate surface area is 128 Å². The first-order chi connectivity index (χ1) is 10.2. The predicted molar refractivity (Wildman–Crippen MR) is 85.6 cm³/mol. The Bertz CT molecular complexity index is 554. The van der Waals surface area contributed by atoms with Gasteiger partial charge < -0.3 is 10.6 Å². The molecule has 0 radical (unpaired) electrons. The Morgan fingerprint density at radius 1 is 1.33 bits per heavy atom. The second-order valence-electron chi connectivity index (χ2n) is 4.66. The van der Waals surface area contributed by atoms with Crippen LogP contribution in [0.2, 0.25) is 0 Å². The summed E-state index contributed by atoms with van der Waals surface area (Å²) in [7, 11) is 0. The molecule has 0 bridgehead atoms. The minimum Gasteiger partial charge on any atom is -0.355 e. The van der Waals surface area contributed by atoms with E-state index in [1.165, 1.54) is 4.88 Å². The van der Waals surface area contributed by atoms with Gasteiger partial charge in [0, 0.05) is 23.8 Å². The molecule has 1 amide bonds. The Morgan fingerprint density at radius 2 is 2.10 bits per heavy atom. The van der Waals surface area contributed by atoms with Crippen LogP contribution in [0.3, 0.4) is 0 Å². The highest BCUT2D eigenvalue weighted by molar-refractivity contribution is 7.10.